The zero-order valence-corrected chi connectivity index (χ0v) is 9.50. The maximum absolute atomic E-state index is 5.65. The van der Waals surface area contributed by atoms with Gasteiger partial charge in [-0.05, 0) is 19.6 Å². The third-order valence-corrected chi connectivity index (χ3v) is 2.06. The normalized spacial score (nSPS) is 16.6. The van der Waals surface area contributed by atoms with E-state index in [2.05, 4.69) is 25.1 Å². The van der Waals surface area contributed by atoms with Crippen LogP contribution in [0.4, 0.5) is 0 Å². The first kappa shape index (κ1) is 10.1. The summed E-state index contributed by atoms with van der Waals surface area (Å²) in [4.78, 5) is 0. The Morgan fingerprint density at radius 2 is 2.08 bits per heavy atom. The quantitative estimate of drug-likeness (QED) is 0.701. The van der Waals surface area contributed by atoms with Gasteiger partial charge in [-0.1, -0.05) is 0 Å². The highest BCUT2D eigenvalue weighted by Crippen LogP contribution is 2.09. The van der Waals surface area contributed by atoms with Crippen molar-refractivity contribution in [2.75, 3.05) is 7.11 Å². The van der Waals surface area contributed by atoms with Gasteiger partial charge in [0.2, 0.25) is 8.32 Å². The number of allylic oxidation sites excluding steroid dienone is 1. The van der Waals surface area contributed by atoms with E-state index in [0.717, 1.165) is 5.76 Å². The fraction of sp³-hybridized carbons (Fsp3) is 0.500. The number of hydrogen-bond donors (Lipinski definition) is 1. The van der Waals surface area contributed by atoms with Crippen molar-refractivity contribution >= 4 is 8.32 Å². The Kier molecular flexibility index (Phi) is 3.00. The fourth-order valence-corrected chi connectivity index (χ4v) is 1.54. The zero-order valence-electron chi connectivity index (χ0n) is 8.50. The largest absolute Gasteiger partial charge is 0.495 e. The average Bonchev–Trinajstić information content (AvgIpc) is 2.03. The van der Waals surface area contributed by atoms with Gasteiger partial charge in [-0.25, -0.2) is 0 Å². The lowest BCUT2D eigenvalue weighted by atomic mass is 10.5. The zero-order chi connectivity index (χ0) is 9.90. The number of nitrogens with one attached hydrogen (secondary N) is 1. The van der Waals surface area contributed by atoms with Crippen LogP contribution in [0.2, 0.25) is 19.6 Å². The van der Waals surface area contributed by atoms with Crippen LogP contribution in [-0.2, 0) is 9.26 Å². The van der Waals surface area contributed by atoms with Gasteiger partial charge in [0.1, 0.15) is 5.76 Å². The van der Waals surface area contributed by atoms with Crippen molar-refractivity contribution in [1.82, 2.24) is 10.6 Å². The molecular weight excluding hydrogens is 184 g/mol. The molecular formula is C8H16N2O2Si. The Hall–Kier alpha value is -0.943. The average molecular weight is 200 g/mol. The molecule has 0 saturated heterocycles. The Morgan fingerprint density at radius 3 is 2.46 bits per heavy atom. The summed E-state index contributed by atoms with van der Waals surface area (Å²) in [7, 11) is 0.0971. The molecule has 0 spiro atoms. The van der Waals surface area contributed by atoms with Gasteiger partial charge in [-0.15, -0.1) is 0 Å². The molecule has 13 heavy (non-hydrogen) atoms. The van der Waals surface area contributed by atoms with E-state index in [1.807, 2.05) is 6.08 Å². The maximum atomic E-state index is 5.65. The van der Waals surface area contributed by atoms with E-state index >= 15 is 0 Å². The molecule has 4 nitrogen and oxygen atoms in total. The van der Waals surface area contributed by atoms with Crippen molar-refractivity contribution in [3.05, 3.63) is 24.2 Å². The lowest BCUT2D eigenvalue weighted by Gasteiger charge is -2.29. The molecule has 74 valence electrons. The summed E-state index contributed by atoms with van der Waals surface area (Å²) in [6.07, 6.45) is 5.40. The lowest BCUT2D eigenvalue weighted by Crippen LogP contribution is -2.41. The number of hydrazine groups is 1. The van der Waals surface area contributed by atoms with Gasteiger partial charge in [0.25, 0.3) is 0 Å². The van der Waals surface area contributed by atoms with Crippen LogP contribution in [0.15, 0.2) is 24.2 Å². The molecule has 1 aliphatic heterocycles. The summed E-state index contributed by atoms with van der Waals surface area (Å²) >= 11 is 0. The van der Waals surface area contributed by atoms with Crippen molar-refractivity contribution in [3.63, 3.8) is 0 Å². The Morgan fingerprint density at radius 1 is 1.38 bits per heavy atom. The van der Waals surface area contributed by atoms with Gasteiger partial charge >= 0.3 is 0 Å². The molecule has 5 heteroatoms. The summed E-state index contributed by atoms with van der Waals surface area (Å²) in [5, 5.41) is 1.61. The van der Waals surface area contributed by atoms with E-state index < -0.39 is 8.32 Å². The van der Waals surface area contributed by atoms with E-state index in [1.54, 1.807) is 24.7 Å². The second-order valence-corrected chi connectivity index (χ2v) is 8.13. The maximum Gasteiger partial charge on any atom is 0.223 e. The molecule has 0 saturated carbocycles. The van der Waals surface area contributed by atoms with Crippen molar-refractivity contribution in [2.24, 2.45) is 0 Å². The smallest absolute Gasteiger partial charge is 0.223 e. The van der Waals surface area contributed by atoms with Crippen LogP contribution >= 0.6 is 0 Å². The van der Waals surface area contributed by atoms with Gasteiger partial charge in [-0.2, -0.15) is 5.17 Å². The lowest BCUT2D eigenvalue weighted by molar-refractivity contribution is -0.0550. The number of methoxy groups -OCH3 is 1. The first-order valence-electron chi connectivity index (χ1n) is 4.18. The molecule has 1 heterocycles. The topological polar surface area (TPSA) is 33.7 Å². The van der Waals surface area contributed by atoms with Crippen LogP contribution in [-0.4, -0.2) is 20.6 Å². The highest BCUT2D eigenvalue weighted by molar-refractivity contribution is 6.69. The molecule has 1 rings (SSSR count). The molecule has 0 atom stereocenters. The van der Waals surface area contributed by atoms with Crippen LogP contribution in [0.1, 0.15) is 0 Å². The number of rotatable bonds is 3. The number of nitrogens with zero attached hydrogens (tertiary/aromatic N) is 1. The van der Waals surface area contributed by atoms with Crippen LogP contribution in [0.25, 0.3) is 0 Å². The Bertz CT molecular complexity index is 233. The second-order valence-electron chi connectivity index (χ2n) is 3.73. The SMILES string of the molecule is COC1=CNN(O[Si](C)(C)C)C=C1. The first-order valence-corrected chi connectivity index (χ1v) is 7.59. The van der Waals surface area contributed by atoms with E-state index in [4.69, 9.17) is 9.26 Å². The monoisotopic (exact) mass is 200 g/mol. The van der Waals surface area contributed by atoms with E-state index in [1.165, 1.54) is 0 Å². The van der Waals surface area contributed by atoms with Gasteiger partial charge in [0, 0.05) is 6.08 Å². The number of hydroxylamine groups is 1. The third kappa shape index (κ3) is 3.52. The summed E-state index contributed by atoms with van der Waals surface area (Å²) < 4.78 is 10.7. The van der Waals surface area contributed by atoms with Gasteiger partial charge in [0.05, 0.1) is 19.5 Å². The Labute approximate surface area is 79.9 Å². The predicted molar refractivity (Wildman–Crippen MR) is 53.6 cm³/mol. The molecule has 0 aromatic carbocycles. The molecule has 0 amide bonds. The van der Waals surface area contributed by atoms with Crippen molar-refractivity contribution < 1.29 is 9.26 Å². The first-order chi connectivity index (χ1) is 6.01. The Balaban J connectivity index is 2.44. The van der Waals surface area contributed by atoms with Crippen LogP contribution in [0.5, 0.6) is 0 Å². The van der Waals surface area contributed by atoms with Crippen molar-refractivity contribution in [2.45, 2.75) is 19.6 Å². The summed E-state index contributed by atoms with van der Waals surface area (Å²) in [5.74, 6) is 0.787. The molecule has 0 unspecified atom stereocenters. The molecule has 1 N–H and O–H groups in total. The molecule has 0 fully saturated rings. The molecule has 0 bridgehead atoms. The fourth-order valence-electron chi connectivity index (χ4n) is 0.838. The molecule has 0 radical (unpaired) electrons. The van der Waals surface area contributed by atoms with Gasteiger partial charge in [0.15, 0.2) is 0 Å². The third-order valence-electron chi connectivity index (χ3n) is 1.32. The minimum Gasteiger partial charge on any atom is -0.495 e. The van der Waals surface area contributed by atoms with Crippen LogP contribution < -0.4 is 5.43 Å². The van der Waals surface area contributed by atoms with Crippen LogP contribution in [0, 0.1) is 0 Å². The van der Waals surface area contributed by atoms with Gasteiger partial charge < -0.3 is 9.26 Å². The number of ether oxygens (including phenoxy) is 1. The van der Waals surface area contributed by atoms with E-state index in [-0.39, 0.29) is 0 Å². The molecule has 0 aromatic heterocycles. The highest BCUT2D eigenvalue weighted by Gasteiger charge is 2.19. The summed E-state index contributed by atoms with van der Waals surface area (Å²) in [6.45, 7) is 6.37. The van der Waals surface area contributed by atoms with Gasteiger partial charge in [-0.3, -0.25) is 5.43 Å². The molecule has 0 aromatic rings. The van der Waals surface area contributed by atoms with Crippen LogP contribution in [0.3, 0.4) is 0 Å². The minimum absolute atomic E-state index is 0.787. The van der Waals surface area contributed by atoms with E-state index in [0.29, 0.717) is 0 Å². The van der Waals surface area contributed by atoms with Crippen molar-refractivity contribution in [1.29, 1.82) is 0 Å². The van der Waals surface area contributed by atoms with E-state index in [9.17, 15) is 0 Å². The standard InChI is InChI=1S/C8H16N2O2Si/c1-11-8-5-6-10(9-7-8)12-13(2,3)4/h5-7,9H,1-4H3. The summed E-state index contributed by atoms with van der Waals surface area (Å²) in [6, 6.07) is 0. The number of hydrogen-bond acceptors (Lipinski definition) is 4. The molecule has 0 aliphatic carbocycles. The summed E-state index contributed by atoms with van der Waals surface area (Å²) in [5.41, 5.74) is 2.95. The molecule has 1 aliphatic rings. The van der Waals surface area contributed by atoms with Crippen molar-refractivity contribution in [3.8, 4) is 0 Å². The minimum atomic E-state index is -1.53. The predicted octanol–water partition coefficient (Wildman–Crippen LogP) is 1.57. The second kappa shape index (κ2) is 3.84. The highest BCUT2D eigenvalue weighted by atomic mass is 28.4.